The zero-order chi connectivity index (χ0) is 18.0. The molecule has 25 heavy (non-hydrogen) atoms. The average molecular weight is 354 g/mol. The van der Waals surface area contributed by atoms with Crippen LogP contribution >= 0.6 is 11.6 Å². The summed E-state index contributed by atoms with van der Waals surface area (Å²) in [4.78, 5) is 20.1. The molecule has 0 aliphatic rings. The van der Waals surface area contributed by atoms with Gasteiger partial charge in [0, 0.05) is 23.5 Å². The van der Waals surface area contributed by atoms with Crippen LogP contribution in [0.5, 0.6) is 0 Å². The summed E-state index contributed by atoms with van der Waals surface area (Å²) in [5.74, 6) is -0.0671. The van der Waals surface area contributed by atoms with E-state index >= 15 is 0 Å². The third-order valence-electron chi connectivity index (χ3n) is 3.56. The fraction of sp³-hybridized carbons (Fsp3) is 0.111. The Morgan fingerprint density at radius 2 is 1.92 bits per heavy atom. The molecule has 7 heteroatoms. The lowest BCUT2D eigenvalue weighted by Gasteiger charge is -2.05. The molecule has 0 saturated heterocycles. The van der Waals surface area contributed by atoms with Crippen molar-refractivity contribution in [1.29, 1.82) is 0 Å². The summed E-state index contributed by atoms with van der Waals surface area (Å²) in [6, 6.07) is 9.44. The van der Waals surface area contributed by atoms with Gasteiger partial charge in [-0.1, -0.05) is 28.8 Å². The van der Waals surface area contributed by atoms with Gasteiger partial charge in [0.1, 0.15) is 11.5 Å². The summed E-state index contributed by atoms with van der Waals surface area (Å²) in [7, 11) is 0. The van der Waals surface area contributed by atoms with Crippen LogP contribution in [0, 0.1) is 13.8 Å². The van der Waals surface area contributed by atoms with Gasteiger partial charge in [0.2, 0.25) is 0 Å². The van der Waals surface area contributed by atoms with E-state index in [-0.39, 0.29) is 10.7 Å². The maximum atomic E-state index is 11.8. The second kappa shape index (κ2) is 6.86. The van der Waals surface area contributed by atoms with Crippen molar-refractivity contribution in [2.45, 2.75) is 13.8 Å². The van der Waals surface area contributed by atoms with Gasteiger partial charge >= 0.3 is 0 Å². The molecule has 1 aromatic carbocycles. The normalized spacial score (nSPS) is 11.6. The van der Waals surface area contributed by atoms with Crippen molar-refractivity contribution in [1.82, 2.24) is 19.7 Å². The predicted octanol–water partition coefficient (Wildman–Crippen LogP) is 3.09. The van der Waals surface area contributed by atoms with Crippen LogP contribution in [-0.4, -0.2) is 25.7 Å². The highest BCUT2D eigenvalue weighted by Crippen LogP contribution is 2.23. The summed E-state index contributed by atoms with van der Waals surface area (Å²) < 4.78 is 1.44. The molecule has 0 unspecified atom stereocenters. The first-order chi connectivity index (χ1) is 11.9. The summed E-state index contributed by atoms with van der Waals surface area (Å²) in [6.07, 6.45) is 4.54. The number of benzene rings is 1. The van der Waals surface area contributed by atoms with Crippen molar-refractivity contribution >= 4 is 29.3 Å². The zero-order valence-corrected chi connectivity index (χ0v) is 14.5. The Labute approximate surface area is 150 Å². The smallest absolute Gasteiger partial charge is 0.250 e. The molecule has 3 aromatic rings. The molecule has 0 bridgehead atoms. The standard InChI is InChI=1S/C18H16ClN5O/c1-11-6-12(2)8-13(7-11)18-22-10-24(23-18)9-15(17(20)25)14-4-3-5-21-16(14)19/h3-10H,1-2H3,(H2,20,25). The first kappa shape index (κ1) is 16.9. The van der Waals surface area contributed by atoms with Gasteiger partial charge in [-0.2, -0.15) is 0 Å². The molecule has 6 nitrogen and oxygen atoms in total. The number of carbonyl (C=O) groups excluding carboxylic acids is 1. The summed E-state index contributed by atoms with van der Waals surface area (Å²) in [5, 5.41) is 4.59. The largest absolute Gasteiger partial charge is 0.366 e. The van der Waals surface area contributed by atoms with Crippen LogP contribution in [0.4, 0.5) is 0 Å². The van der Waals surface area contributed by atoms with Gasteiger partial charge < -0.3 is 5.73 Å². The number of rotatable bonds is 4. The van der Waals surface area contributed by atoms with Gasteiger partial charge in [-0.3, -0.25) is 4.79 Å². The number of nitrogens with two attached hydrogens (primary N) is 1. The molecular formula is C18H16ClN5O. The highest BCUT2D eigenvalue weighted by atomic mass is 35.5. The van der Waals surface area contributed by atoms with Crippen molar-refractivity contribution in [3.8, 4) is 11.4 Å². The van der Waals surface area contributed by atoms with E-state index in [9.17, 15) is 4.79 Å². The quantitative estimate of drug-likeness (QED) is 0.576. The number of amides is 1. The van der Waals surface area contributed by atoms with E-state index in [1.54, 1.807) is 12.1 Å². The van der Waals surface area contributed by atoms with Gasteiger partial charge in [0.15, 0.2) is 5.82 Å². The first-order valence-corrected chi connectivity index (χ1v) is 7.94. The maximum Gasteiger partial charge on any atom is 0.250 e. The van der Waals surface area contributed by atoms with Gasteiger partial charge in [0.05, 0.1) is 5.57 Å². The van der Waals surface area contributed by atoms with Crippen LogP contribution in [0.3, 0.4) is 0 Å². The van der Waals surface area contributed by atoms with E-state index in [2.05, 4.69) is 21.1 Å². The molecule has 0 aliphatic heterocycles. The van der Waals surface area contributed by atoms with E-state index in [0.717, 1.165) is 16.7 Å². The molecule has 1 amide bonds. The third kappa shape index (κ3) is 3.75. The molecule has 0 spiro atoms. The monoisotopic (exact) mass is 353 g/mol. The maximum absolute atomic E-state index is 11.8. The van der Waals surface area contributed by atoms with E-state index in [1.165, 1.54) is 23.4 Å². The predicted molar refractivity (Wildman–Crippen MR) is 97.5 cm³/mol. The van der Waals surface area contributed by atoms with Crippen LogP contribution in [0.1, 0.15) is 16.7 Å². The number of aryl methyl sites for hydroxylation is 2. The van der Waals surface area contributed by atoms with E-state index in [4.69, 9.17) is 17.3 Å². The Bertz CT molecular complexity index is 957. The number of aromatic nitrogens is 4. The second-order valence-electron chi connectivity index (χ2n) is 5.67. The Hall–Kier alpha value is -2.99. The lowest BCUT2D eigenvalue weighted by molar-refractivity contribution is -0.112. The van der Waals surface area contributed by atoms with Gasteiger partial charge in [-0.05, 0) is 38.1 Å². The molecule has 0 fully saturated rings. The molecule has 2 aromatic heterocycles. The number of hydrogen-bond donors (Lipinski definition) is 1. The number of halogens is 1. The molecule has 0 saturated carbocycles. The molecule has 3 rings (SSSR count). The number of pyridine rings is 1. The van der Waals surface area contributed by atoms with Gasteiger partial charge in [-0.15, -0.1) is 5.10 Å². The Morgan fingerprint density at radius 1 is 1.20 bits per heavy atom. The number of nitrogens with zero attached hydrogens (tertiary/aromatic N) is 4. The van der Waals surface area contributed by atoms with Crippen molar-refractivity contribution in [3.05, 3.63) is 64.7 Å². The number of carbonyl (C=O) groups is 1. The zero-order valence-electron chi connectivity index (χ0n) is 13.8. The van der Waals surface area contributed by atoms with Crippen LogP contribution in [0.15, 0.2) is 42.9 Å². The third-order valence-corrected chi connectivity index (χ3v) is 3.87. The Kier molecular flexibility index (Phi) is 4.63. The first-order valence-electron chi connectivity index (χ1n) is 7.56. The fourth-order valence-electron chi connectivity index (χ4n) is 2.56. The molecular weight excluding hydrogens is 338 g/mol. The van der Waals surface area contributed by atoms with Crippen LogP contribution in [0.2, 0.25) is 5.15 Å². The SMILES string of the molecule is Cc1cc(C)cc(-c2ncn(C=C(C(N)=O)c3cccnc3Cl)n2)c1. The van der Waals surface area contributed by atoms with E-state index in [1.807, 2.05) is 26.0 Å². The number of primary amides is 1. The highest BCUT2D eigenvalue weighted by Gasteiger charge is 2.14. The number of hydrogen-bond acceptors (Lipinski definition) is 4. The van der Waals surface area contributed by atoms with Crippen molar-refractivity contribution in [2.24, 2.45) is 5.73 Å². The van der Waals surface area contributed by atoms with Gasteiger partial charge in [-0.25, -0.2) is 14.6 Å². The molecule has 2 heterocycles. The lowest BCUT2D eigenvalue weighted by atomic mass is 10.1. The Balaban J connectivity index is 2.02. The molecule has 0 aliphatic carbocycles. The van der Waals surface area contributed by atoms with Crippen molar-refractivity contribution < 1.29 is 4.79 Å². The van der Waals surface area contributed by atoms with Crippen LogP contribution in [-0.2, 0) is 4.79 Å². The summed E-state index contributed by atoms with van der Waals surface area (Å²) in [6.45, 7) is 4.03. The molecule has 0 radical (unpaired) electrons. The average Bonchev–Trinajstić information content (AvgIpc) is 3.01. The summed E-state index contributed by atoms with van der Waals surface area (Å²) >= 11 is 6.06. The molecule has 126 valence electrons. The fourth-order valence-corrected chi connectivity index (χ4v) is 2.78. The van der Waals surface area contributed by atoms with Crippen molar-refractivity contribution in [2.75, 3.05) is 0 Å². The Morgan fingerprint density at radius 3 is 2.56 bits per heavy atom. The highest BCUT2D eigenvalue weighted by molar-refractivity contribution is 6.34. The second-order valence-corrected chi connectivity index (χ2v) is 6.03. The summed E-state index contributed by atoms with van der Waals surface area (Å²) in [5.41, 5.74) is 9.30. The van der Waals surface area contributed by atoms with E-state index in [0.29, 0.717) is 11.4 Å². The topological polar surface area (TPSA) is 86.7 Å². The van der Waals surface area contributed by atoms with Crippen LogP contribution in [0.25, 0.3) is 23.2 Å². The molecule has 0 atom stereocenters. The van der Waals surface area contributed by atoms with Crippen LogP contribution < -0.4 is 5.73 Å². The minimum Gasteiger partial charge on any atom is -0.366 e. The minimum absolute atomic E-state index is 0.196. The van der Waals surface area contributed by atoms with Gasteiger partial charge in [0.25, 0.3) is 5.91 Å². The molecule has 2 N–H and O–H groups in total. The van der Waals surface area contributed by atoms with Crippen molar-refractivity contribution in [3.63, 3.8) is 0 Å². The van der Waals surface area contributed by atoms with E-state index < -0.39 is 5.91 Å². The lowest BCUT2D eigenvalue weighted by Crippen LogP contribution is -2.14. The minimum atomic E-state index is -0.627.